The van der Waals surface area contributed by atoms with E-state index in [9.17, 15) is 0 Å². The second kappa shape index (κ2) is 4.79. The fraction of sp³-hybridized carbons (Fsp3) is 0.917. The van der Waals surface area contributed by atoms with Crippen molar-refractivity contribution >= 4 is 0 Å². The minimum absolute atomic E-state index is 0.185. The SMILES string of the molecule is CCC(C)(C)C1CCCC(CC#N)O1. The van der Waals surface area contributed by atoms with E-state index in [1.165, 1.54) is 6.42 Å². The molecule has 0 aromatic carbocycles. The third kappa shape index (κ3) is 2.72. The molecule has 0 spiro atoms. The van der Waals surface area contributed by atoms with Gasteiger partial charge in [-0.05, 0) is 31.1 Å². The van der Waals surface area contributed by atoms with Crippen LogP contribution in [0.1, 0.15) is 52.9 Å². The van der Waals surface area contributed by atoms with E-state index in [0.717, 1.165) is 19.3 Å². The van der Waals surface area contributed by atoms with Gasteiger partial charge in [-0.2, -0.15) is 5.26 Å². The average molecular weight is 195 g/mol. The molecular formula is C12H21NO. The number of hydrogen-bond donors (Lipinski definition) is 0. The highest BCUT2D eigenvalue weighted by Crippen LogP contribution is 2.35. The van der Waals surface area contributed by atoms with E-state index in [2.05, 4.69) is 26.8 Å². The Balaban J connectivity index is 2.52. The van der Waals surface area contributed by atoms with Gasteiger partial charge < -0.3 is 4.74 Å². The van der Waals surface area contributed by atoms with E-state index in [1.807, 2.05) is 0 Å². The topological polar surface area (TPSA) is 33.0 Å². The van der Waals surface area contributed by atoms with Crippen molar-refractivity contribution in [1.82, 2.24) is 0 Å². The first kappa shape index (κ1) is 11.5. The monoisotopic (exact) mass is 195 g/mol. The van der Waals surface area contributed by atoms with Crippen LogP contribution in [0.4, 0.5) is 0 Å². The van der Waals surface area contributed by atoms with Crippen LogP contribution in [0.3, 0.4) is 0 Å². The van der Waals surface area contributed by atoms with Crippen LogP contribution < -0.4 is 0 Å². The Labute approximate surface area is 87.3 Å². The highest BCUT2D eigenvalue weighted by atomic mass is 16.5. The van der Waals surface area contributed by atoms with E-state index in [-0.39, 0.29) is 11.5 Å². The zero-order chi connectivity index (χ0) is 10.6. The summed E-state index contributed by atoms with van der Waals surface area (Å²) < 4.78 is 5.96. The van der Waals surface area contributed by atoms with Crippen LogP contribution in [0.15, 0.2) is 0 Å². The Hall–Kier alpha value is -0.550. The second-order valence-electron chi connectivity index (χ2n) is 4.88. The van der Waals surface area contributed by atoms with Gasteiger partial charge in [0.15, 0.2) is 0 Å². The molecule has 0 aromatic rings. The summed E-state index contributed by atoms with van der Waals surface area (Å²) in [6.45, 7) is 6.72. The van der Waals surface area contributed by atoms with Crippen LogP contribution in [0.5, 0.6) is 0 Å². The van der Waals surface area contributed by atoms with E-state index in [0.29, 0.717) is 12.5 Å². The Morgan fingerprint density at radius 1 is 1.43 bits per heavy atom. The third-order valence-corrected chi connectivity index (χ3v) is 3.45. The fourth-order valence-corrected chi connectivity index (χ4v) is 1.95. The molecule has 2 nitrogen and oxygen atoms in total. The van der Waals surface area contributed by atoms with Crippen molar-refractivity contribution in [2.24, 2.45) is 5.41 Å². The van der Waals surface area contributed by atoms with Crippen molar-refractivity contribution in [1.29, 1.82) is 5.26 Å². The lowest BCUT2D eigenvalue weighted by Gasteiger charge is -2.39. The van der Waals surface area contributed by atoms with Crippen molar-refractivity contribution in [2.45, 2.75) is 65.1 Å². The average Bonchev–Trinajstić information content (AvgIpc) is 2.19. The Morgan fingerprint density at radius 3 is 2.71 bits per heavy atom. The van der Waals surface area contributed by atoms with Crippen LogP contribution in [0.2, 0.25) is 0 Å². The molecule has 1 aliphatic rings. The molecule has 1 fully saturated rings. The summed E-state index contributed by atoms with van der Waals surface area (Å²) in [5.41, 5.74) is 0.258. The van der Waals surface area contributed by atoms with E-state index in [1.54, 1.807) is 0 Å². The maximum atomic E-state index is 8.63. The molecule has 0 radical (unpaired) electrons. The highest BCUT2D eigenvalue weighted by molar-refractivity contribution is 4.86. The molecule has 2 unspecified atom stereocenters. The molecule has 0 aromatic heterocycles. The number of rotatable bonds is 3. The van der Waals surface area contributed by atoms with Gasteiger partial charge in [0.25, 0.3) is 0 Å². The third-order valence-electron chi connectivity index (χ3n) is 3.45. The quantitative estimate of drug-likeness (QED) is 0.692. The normalized spacial score (nSPS) is 28.4. The maximum absolute atomic E-state index is 8.63. The van der Waals surface area contributed by atoms with E-state index in [4.69, 9.17) is 10.00 Å². The van der Waals surface area contributed by atoms with Crippen LogP contribution >= 0.6 is 0 Å². The van der Waals surface area contributed by atoms with Gasteiger partial charge in [-0.25, -0.2) is 0 Å². The lowest BCUT2D eigenvalue weighted by molar-refractivity contribution is -0.102. The standard InChI is InChI=1S/C12H21NO/c1-4-12(2,3)11-7-5-6-10(14-11)8-9-13/h10-11H,4-8H2,1-3H3. The molecule has 1 aliphatic heterocycles. The summed E-state index contributed by atoms with van der Waals surface area (Å²) in [7, 11) is 0. The van der Waals surface area contributed by atoms with E-state index < -0.39 is 0 Å². The fourth-order valence-electron chi connectivity index (χ4n) is 1.95. The molecule has 1 saturated heterocycles. The summed E-state index contributed by atoms with van der Waals surface area (Å²) in [5, 5.41) is 8.63. The first-order valence-corrected chi connectivity index (χ1v) is 5.62. The minimum Gasteiger partial charge on any atom is -0.373 e. The first-order chi connectivity index (χ1) is 6.60. The van der Waals surface area contributed by atoms with Gasteiger partial charge in [0, 0.05) is 0 Å². The number of nitriles is 1. The van der Waals surface area contributed by atoms with Gasteiger partial charge in [0.05, 0.1) is 24.7 Å². The van der Waals surface area contributed by atoms with Gasteiger partial charge in [-0.3, -0.25) is 0 Å². The molecule has 80 valence electrons. The van der Waals surface area contributed by atoms with Crippen molar-refractivity contribution in [2.75, 3.05) is 0 Å². The van der Waals surface area contributed by atoms with Gasteiger partial charge in [-0.1, -0.05) is 20.8 Å². The summed E-state index contributed by atoms with van der Waals surface area (Å²) in [6, 6.07) is 2.20. The lowest BCUT2D eigenvalue weighted by atomic mass is 9.80. The second-order valence-corrected chi connectivity index (χ2v) is 4.88. The van der Waals surface area contributed by atoms with Gasteiger partial charge in [0.2, 0.25) is 0 Å². The van der Waals surface area contributed by atoms with Crippen molar-refractivity contribution < 1.29 is 4.74 Å². The van der Waals surface area contributed by atoms with Crippen molar-refractivity contribution in [3.05, 3.63) is 0 Å². The number of hydrogen-bond acceptors (Lipinski definition) is 2. The summed E-state index contributed by atoms with van der Waals surface area (Å²) in [6.07, 6.45) is 5.64. The minimum atomic E-state index is 0.185. The van der Waals surface area contributed by atoms with Crippen LogP contribution in [0, 0.1) is 16.7 Å². The Kier molecular flexibility index (Phi) is 3.95. The Morgan fingerprint density at radius 2 is 2.14 bits per heavy atom. The van der Waals surface area contributed by atoms with Gasteiger partial charge in [-0.15, -0.1) is 0 Å². The molecule has 0 amide bonds. The molecule has 0 saturated carbocycles. The summed E-state index contributed by atoms with van der Waals surface area (Å²) >= 11 is 0. The van der Waals surface area contributed by atoms with Crippen LogP contribution in [0.25, 0.3) is 0 Å². The van der Waals surface area contributed by atoms with Gasteiger partial charge >= 0.3 is 0 Å². The molecular weight excluding hydrogens is 174 g/mol. The lowest BCUT2D eigenvalue weighted by Crippen LogP contribution is -2.38. The maximum Gasteiger partial charge on any atom is 0.0709 e. The zero-order valence-corrected chi connectivity index (χ0v) is 9.55. The molecule has 2 atom stereocenters. The zero-order valence-electron chi connectivity index (χ0n) is 9.55. The number of ether oxygens (including phenoxy) is 1. The van der Waals surface area contributed by atoms with Crippen LogP contribution in [-0.4, -0.2) is 12.2 Å². The molecule has 2 heteroatoms. The molecule has 14 heavy (non-hydrogen) atoms. The molecule has 0 N–H and O–H groups in total. The number of nitrogens with zero attached hydrogens (tertiary/aromatic N) is 1. The van der Waals surface area contributed by atoms with Crippen molar-refractivity contribution in [3.8, 4) is 6.07 Å². The van der Waals surface area contributed by atoms with E-state index >= 15 is 0 Å². The molecule has 1 heterocycles. The Bertz CT molecular complexity index is 217. The molecule has 1 rings (SSSR count). The predicted molar refractivity (Wildman–Crippen MR) is 56.8 cm³/mol. The van der Waals surface area contributed by atoms with Gasteiger partial charge in [0.1, 0.15) is 0 Å². The predicted octanol–water partition coefficient (Wildman–Crippen LogP) is 3.27. The highest BCUT2D eigenvalue weighted by Gasteiger charge is 2.33. The smallest absolute Gasteiger partial charge is 0.0709 e. The van der Waals surface area contributed by atoms with Crippen molar-refractivity contribution in [3.63, 3.8) is 0 Å². The molecule has 0 bridgehead atoms. The largest absolute Gasteiger partial charge is 0.373 e. The van der Waals surface area contributed by atoms with Crippen LogP contribution in [-0.2, 0) is 4.74 Å². The molecule has 0 aliphatic carbocycles. The summed E-state index contributed by atoms with van der Waals surface area (Å²) in [5.74, 6) is 0. The first-order valence-electron chi connectivity index (χ1n) is 5.62. The summed E-state index contributed by atoms with van der Waals surface area (Å²) in [4.78, 5) is 0.